The van der Waals surface area contributed by atoms with Gasteiger partial charge in [0.15, 0.2) is 10.4 Å². The quantitative estimate of drug-likeness (QED) is 0.320. The lowest BCUT2D eigenvalue weighted by Crippen LogP contribution is -2.35. The van der Waals surface area contributed by atoms with Crippen molar-refractivity contribution in [3.8, 4) is 0 Å². The van der Waals surface area contributed by atoms with Crippen LogP contribution in [0.4, 0.5) is 0 Å². The van der Waals surface area contributed by atoms with Crippen LogP contribution in [0.15, 0.2) is 41.3 Å². The number of nitrogens with one attached hydrogen (secondary N) is 1. The fourth-order valence-corrected chi connectivity index (χ4v) is 3.99. The second-order valence-corrected chi connectivity index (χ2v) is 7.44. The summed E-state index contributed by atoms with van der Waals surface area (Å²) >= 11 is 3.29. The normalized spacial score (nSPS) is 11.9. The number of rotatable bonds is 9. The minimum absolute atomic E-state index is 0.289. The van der Waals surface area contributed by atoms with Crippen LogP contribution in [-0.2, 0) is 14.3 Å². The van der Waals surface area contributed by atoms with Gasteiger partial charge in [-0.25, -0.2) is 4.98 Å². The van der Waals surface area contributed by atoms with Crippen LogP contribution in [0.3, 0.4) is 0 Å². The molecular weight excluding hydrogens is 344 g/mol. The van der Waals surface area contributed by atoms with Crippen LogP contribution in [0.1, 0.15) is 19.8 Å². The van der Waals surface area contributed by atoms with E-state index in [9.17, 15) is 9.59 Å². The summed E-state index contributed by atoms with van der Waals surface area (Å²) in [4.78, 5) is 27.9. The van der Waals surface area contributed by atoms with Gasteiger partial charge in [-0.3, -0.25) is 9.59 Å². The minimum Gasteiger partial charge on any atom is -0.453 e. The second kappa shape index (κ2) is 9.44. The van der Waals surface area contributed by atoms with Crippen LogP contribution < -0.4 is 5.32 Å². The van der Waals surface area contributed by atoms with Gasteiger partial charge in [0.1, 0.15) is 0 Å². The molecule has 128 valence electrons. The van der Waals surface area contributed by atoms with Crippen molar-refractivity contribution in [3.63, 3.8) is 0 Å². The number of ether oxygens (including phenoxy) is 1. The molecule has 7 heteroatoms. The number of hydrogen-bond donors (Lipinski definition) is 1. The first-order valence-electron chi connectivity index (χ1n) is 7.66. The predicted octanol–water partition coefficient (Wildman–Crippen LogP) is 3.40. The Morgan fingerprint density at radius 2 is 2.25 bits per heavy atom. The highest BCUT2D eigenvalue weighted by Gasteiger charge is 2.16. The van der Waals surface area contributed by atoms with Crippen molar-refractivity contribution in [3.05, 3.63) is 36.9 Å². The van der Waals surface area contributed by atoms with Crippen molar-refractivity contribution in [1.29, 1.82) is 0 Å². The van der Waals surface area contributed by atoms with Gasteiger partial charge in [0.2, 0.25) is 0 Å². The molecule has 0 fully saturated rings. The van der Waals surface area contributed by atoms with Gasteiger partial charge in [-0.1, -0.05) is 30.0 Å². The van der Waals surface area contributed by atoms with E-state index in [1.54, 1.807) is 36.1 Å². The van der Waals surface area contributed by atoms with Gasteiger partial charge in [-0.05, 0) is 25.5 Å². The van der Waals surface area contributed by atoms with E-state index in [0.717, 1.165) is 15.6 Å². The smallest absolute Gasteiger partial charge is 0.306 e. The lowest BCUT2D eigenvalue weighted by molar-refractivity contribution is -0.154. The first-order chi connectivity index (χ1) is 11.6. The highest BCUT2D eigenvalue weighted by Crippen LogP contribution is 2.29. The fourth-order valence-electron chi connectivity index (χ4n) is 1.91. The minimum atomic E-state index is -0.783. The summed E-state index contributed by atoms with van der Waals surface area (Å²) in [6, 6.07) is 8.01. The third-order valence-electron chi connectivity index (χ3n) is 3.12. The van der Waals surface area contributed by atoms with Gasteiger partial charge in [0.25, 0.3) is 5.91 Å². The highest BCUT2D eigenvalue weighted by molar-refractivity contribution is 8.01. The van der Waals surface area contributed by atoms with Crippen LogP contribution in [0.2, 0.25) is 0 Å². The van der Waals surface area contributed by atoms with Gasteiger partial charge < -0.3 is 10.1 Å². The molecule has 0 saturated heterocycles. The number of amides is 1. The van der Waals surface area contributed by atoms with Crippen LogP contribution in [-0.4, -0.2) is 35.3 Å². The number of carbonyl (C=O) groups is 2. The van der Waals surface area contributed by atoms with E-state index in [1.807, 2.05) is 24.3 Å². The van der Waals surface area contributed by atoms with Crippen LogP contribution in [0, 0.1) is 0 Å². The SMILES string of the molecule is C=CCNC(=O)[C@@H](C)OC(=O)CCCSc1nc2ccccc2s1. The Kier molecular flexibility index (Phi) is 7.27. The number of thioether (sulfide) groups is 1. The Morgan fingerprint density at radius 3 is 3.00 bits per heavy atom. The maximum absolute atomic E-state index is 11.7. The van der Waals surface area contributed by atoms with Crippen LogP contribution in [0.5, 0.6) is 0 Å². The standard InChI is InChI=1S/C17H20N2O3S2/c1-3-10-18-16(21)12(2)22-15(20)9-6-11-23-17-19-13-7-4-5-8-14(13)24-17/h3-5,7-8,12H,1,6,9-11H2,2H3,(H,18,21)/t12-/m1/s1. The maximum Gasteiger partial charge on any atom is 0.306 e. The Morgan fingerprint density at radius 1 is 1.46 bits per heavy atom. The van der Waals surface area contributed by atoms with Crippen LogP contribution in [0.25, 0.3) is 10.2 Å². The molecule has 1 aromatic heterocycles. The Bertz CT molecular complexity index is 682. The molecule has 2 rings (SSSR count). The van der Waals surface area contributed by atoms with E-state index < -0.39 is 6.10 Å². The van der Waals surface area contributed by atoms with Crippen molar-refractivity contribution in [2.45, 2.75) is 30.2 Å². The van der Waals surface area contributed by atoms with E-state index in [-0.39, 0.29) is 18.3 Å². The van der Waals surface area contributed by atoms with Crippen molar-refractivity contribution in [1.82, 2.24) is 10.3 Å². The van der Waals surface area contributed by atoms with E-state index in [2.05, 4.69) is 16.9 Å². The lowest BCUT2D eigenvalue weighted by atomic mass is 10.3. The number of fused-ring (bicyclic) bond motifs is 1. The van der Waals surface area contributed by atoms with Crippen molar-refractivity contribution in [2.75, 3.05) is 12.3 Å². The average Bonchev–Trinajstić information content (AvgIpc) is 2.99. The molecule has 1 heterocycles. The third kappa shape index (κ3) is 5.65. The zero-order chi connectivity index (χ0) is 17.4. The summed E-state index contributed by atoms with van der Waals surface area (Å²) in [5.74, 6) is 0.111. The predicted molar refractivity (Wildman–Crippen MR) is 98.3 cm³/mol. The maximum atomic E-state index is 11.7. The van der Waals surface area contributed by atoms with Gasteiger partial charge in [-0.15, -0.1) is 17.9 Å². The van der Waals surface area contributed by atoms with Crippen molar-refractivity contribution >= 4 is 45.2 Å². The summed E-state index contributed by atoms with van der Waals surface area (Å²) in [6.45, 7) is 5.43. The topological polar surface area (TPSA) is 68.3 Å². The molecule has 0 aliphatic carbocycles. The number of nitrogens with zero attached hydrogens (tertiary/aromatic N) is 1. The van der Waals surface area contributed by atoms with Crippen molar-refractivity contribution in [2.24, 2.45) is 0 Å². The largest absolute Gasteiger partial charge is 0.453 e. The summed E-state index contributed by atoms with van der Waals surface area (Å²) in [5.41, 5.74) is 1.00. The molecular formula is C17H20N2O3S2. The lowest BCUT2D eigenvalue weighted by Gasteiger charge is -2.12. The molecule has 2 aromatic rings. The number of thiazole rings is 1. The molecule has 0 saturated carbocycles. The number of esters is 1. The Hall–Kier alpha value is -1.86. The Labute approximate surface area is 149 Å². The molecule has 0 bridgehead atoms. The molecule has 0 radical (unpaired) electrons. The number of benzene rings is 1. The summed E-state index contributed by atoms with van der Waals surface area (Å²) in [5, 5.41) is 2.59. The van der Waals surface area contributed by atoms with Gasteiger partial charge in [0.05, 0.1) is 10.2 Å². The number of carbonyl (C=O) groups excluding carboxylic acids is 2. The zero-order valence-electron chi connectivity index (χ0n) is 13.5. The molecule has 0 aliphatic heterocycles. The molecule has 1 N–H and O–H groups in total. The monoisotopic (exact) mass is 364 g/mol. The summed E-state index contributed by atoms with van der Waals surface area (Å²) < 4.78 is 7.27. The van der Waals surface area contributed by atoms with Gasteiger partial charge in [0, 0.05) is 18.7 Å². The number of para-hydroxylation sites is 1. The summed E-state index contributed by atoms with van der Waals surface area (Å²) in [6.07, 6.45) is 1.76. The molecule has 1 atom stereocenters. The van der Waals surface area contributed by atoms with Gasteiger partial charge in [-0.2, -0.15) is 0 Å². The van der Waals surface area contributed by atoms with E-state index in [0.29, 0.717) is 13.0 Å². The van der Waals surface area contributed by atoms with Crippen LogP contribution >= 0.6 is 23.1 Å². The van der Waals surface area contributed by atoms with E-state index in [4.69, 9.17) is 4.74 Å². The molecule has 0 unspecified atom stereocenters. The van der Waals surface area contributed by atoms with Gasteiger partial charge >= 0.3 is 5.97 Å². The molecule has 0 aliphatic rings. The number of aromatic nitrogens is 1. The Balaban J connectivity index is 1.67. The molecule has 1 amide bonds. The zero-order valence-corrected chi connectivity index (χ0v) is 15.1. The first-order valence-corrected chi connectivity index (χ1v) is 9.47. The average molecular weight is 364 g/mol. The fraction of sp³-hybridized carbons (Fsp3) is 0.353. The molecule has 0 spiro atoms. The first kappa shape index (κ1) is 18.5. The van der Waals surface area contributed by atoms with E-state index in [1.165, 1.54) is 4.70 Å². The highest BCUT2D eigenvalue weighted by atomic mass is 32.2. The number of hydrogen-bond acceptors (Lipinski definition) is 6. The molecule has 24 heavy (non-hydrogen) atoms. The second-order valence-electron chi connectivity index (χ2n) is 5.07. The molecule has 5 nitrogen and oxygen atoms in total. The van der Waals surface area contributed by atoms with Crippen molar-refractivity contribution < 1.29 is 14.3 Å². The van der Waals surface area contributed by atoms with E-state index >= 15 is 0 Å². The molecule has 1 aromatic carbocycles. The summed E-state index contributed by atoms with van der Waals surface area (Å²) in [7, 11) is 0. The third-order valence-corrected chi connectivity index (χ3v) is 5.39.